The molecule has 0 saturated heterocycles. The maximum atomic E-state index is 12.9. The predicted octanol–water partition coefficient (Wildman–Crippen LogP) is 5.09. The van der Waals surface area contributed by atoms with E-state index in [9.17, 15) is 4.79 Å². The van der Waals surface area contributed by atoms with Gasteiger partial charge in [0.05, 0.1) is 30.5 Å². The van der Waals surface area contributed by atoms with Gasteiger partial charge in [0.15, 0.2) is 0 Å². The SMILES string of the molecule is CCOc1ccc(C(C)NC(=O)c2c(C)nn(Cc3ccc(C)cc3)c2Cl)cc1. The molecule has 0 aliphatic rings. The minimum atomic E-state index is -0.232. The number of hydrogen-bond donors (Lipinski definition) is 1. The number of ether oxygens (including phenoxy) is 1. The van der Waals surface area contributed by atoms with Crippen molar-refractivity contribution in [1.29, 1.82) is 0 Å². The molecule has 1 unspecified atom stereocenters. The van der Waals surface area contributed by atoms with Crippen LogP contribution in [0.3, 0.4) is 0 Å². The van der Waals surface area contributed by atoms with Crippen LogP contribution in [0.4, 0.5) is 0 Å². The second-order valence-electron chi connectivity index (χ2n) is 7.09. The van der Waals surface area contributed by atoms with Crippen LogP contribution in [-0.2, 0) is 6.54 Å². The van der Waals surface area contributed by atoms with Crippen molar-refractivity contribution in [2.24, 2.45) is 0 Å². The average molecular weight is 412 g/mol. The molecule has 0 spiro atoms. The Bertz CT molecular complexity index is 979. The number of aromatic nitrogens is 2. The number of rotatable bonds is 7. The van der Waals surface area contributed by atoms with Crippen molar-refractivity contribution < 1.29 is 9.53 Å². The van der Waals surface area contributed by atoms with Gasteiger partial charge in [-0.25, -0.2) is 4.68 Å². The van der Waals surface area contributed by atoms with Crippen molar-refractivity contribution in [3.63, 3.8) is 0 Å². The first-order valence-corrected chi connectivity index (χ1v) is 10.1. The second kappa shape index (κ2) is 9.14. The fraction of sp³-hybridized carbons (Fsp3) is 0.304. The third-order valence-electron chi connectivity index (χ3n) is 4.78. The Morgan fingerprint density at radius 3 is 2.41 bits per heavy atom. The fourth-order valence-corrected chi connectivity index (χ4v) is 3.47. The Balaban J connectivity index is 1.73. The first-order valence-electron chi connectivity index (χ1n) is 9.71. The molecular formula is C23H26ClN3O2. The van der Waals surface area contributed by atoms with Gasteiger partial charge in [0.2, 0.25) is 0 Å². The summed E-state index contributed by atoms with van der Waals surface area (Å²) in [5, 5.41) is 7.83. The van der Waals surface area contributed by atoms with Gasteiger partial charge < -0.3 is 10.1 Å². The normalized spacial score (nSPS) is 11.9. The second-order valence-corrected chi connectivity index (χ2v) is 7.45. The number of aryl methyl sites for hydroxylation is 2. The summed E-state index contributed by atoms with van der Waals surface area (Å²) in [6.07, 6.45) is 0. The predicted molar refractivity (Wildman–Crippen MR) is 116 cm³/mol. The van der Waals surface area contributed by atoms with E-state index in [4.69, 9.17) is 16.3 Å². The Kier molecular flexibility index (Phi) is 6.60. The number of carbonyl (C=O) groups excluding carboxylic acids is 1. The molecule has 0 aliphatic carbocycles. The van der Waals surface area contributed by atoms with Gasteiger partial charge >= 0.3 is 0 Å². The van der Waals surface area contributed by atoms with E-state index in [2.05, 4.69) is 10.4 Å². The quantitative estimate of drug-likeness (QED) is 0.589. The van der Waals surface area contributed by atoms with Crippen LogP contribution in [0.1, 0.15) is 52.6 Å². The molecule has 1 amide bonds. The molecule has 0 aliphatic heterocycles. The minimum absolute atomic E-state index is 0.172. The zero-order valence-electron chi connectivity index (χ0n) is 17.2. The molecule has 29 heavy (non-hydrogen) atoms. The van der Waals surface area contributed by atoms with Crippen molar-refractivity contribution in [3.8, 4) is 5.75 Å². The number of hydrogen-bond acceptors (Lipinski definition) is 3. The summed E-state index contributed by atoms with van der Waals surface area (Å²) in [5.41, 5.74) is 4.28. The summed E-state index contributed by atoms with van der Waals surface area (Å²) < 4.78 is 7.13. The molecule has 6 heteroatoms. The average Bonchev–Trinajstić information content (AvgIpc) is 2.97. The lowest BCUT2D eigenvalue weighted by atomic mass is 10.1. The number of nitrogens with zero attached hydrogens (tertiary/aromatic N) is 2. The molecule has 3 rings (SSSR count). The molecule has 5 nitrogen and oxygen atoms in total. The van der Waals surface area contributed by atoms with Gasteiger partial charge in [0.25, 0.3) is 5.91 Å². The Labute approximate surface area is 176 Å². The highest BCUT2D eigenvalue weighted by Gasteiger charge is 2.22. The molecule has 0 fully saturated rings. The third-order valence-corrected chi connectivity index (χ3v) is 5.17. The first-order chi connectivity index (χ1) is 13.9. The lowest BCUT2D eigenvalue weighted by Crippen LogP contribution is -2.27. The van der Waals surface area contributed by atoms with Crippen LogP contribution < -0.4 is 10.1 Å². The van der Waals surface area contributed by atoms with Gasteiger partial charge in [-0.3, -0.25) is 4.79 Å². The van der Waals surface area contributed by atoms with Gasteiger partial charge in [0, 0.05) is 0 Å². The molecular weight excluding hydrogens is 386 g/mol. The summed E-state index contributed by atoms with van der Waals surface area (Å²) in [5.74, 6) is 0.579. The van der Waals surface area contributed by atoms with Crippen LogP contribution in [0.2, 0.25) is 5.15 Å². The molecule has 2 aromatic carbocycles. The van der Waals surface area contributed by atoms with Crippen LogP contribution in [0.25, 0.3) is 0 Å². The van der Waals surface area contributed by atoms with Gasteiger partial charge in [-0.15, -0.1) is 0 Å². The largest absolute Gasteiger partial charge is 0.494 e. The Morgan fingerprint density at radius 1 is 1.14 bits per heavy atom. The van der Waals surface area contributed by atoms with Gasteiger partial charge in [-0.2, -0.15) is 5.10 Å². The van der Waals surface area contributed by atoms with Crippen molar-refractivity contribution >= 4 is 17.5 Å². The molecule has 3 aromatic rings. The number of halogens is 1. The van der Waals surface area contributed by atoms with Crippen molar-refractivity contribution in [2.45, 2.75) is 40.3 Å². The molecule has 1 aromatic heterocycles. The standard InChI is InChI=1S/C23H26ClN3O2/c1-5-29-20-12-10-19(11-13-20)16(3)25-23(28)21-17(4)26-27(22(21)24)14-18-8-6-15(2)7-9-18/h6-13,16H,5,14H2,1-4H3,(H,25,28). The maximum absolute atomic E-state index is 12.9. The highest BCUT2D eigenvalue weighted by Crippen LogP contribution is 2.23. The first kappa shape index (κ1) is 20.9. The van der Waals surface area contributed by atoms with Crippen molar-refractivity contribution in [2.75, 3.05) is 6.61 Å². The van der Waals surface area contributed by atoms with E-state index < -0.39 is 0 Å². The van der Waals surface area contributed by atoms with E-state index in [0.29, 0.717) is 29.6 Å². The minimum Gasteiger partial charge on any atom is -0.494 e. The molecule has 0 radical (unpaired) electrons. The van der Waals surface area contributed by atoms with Crippen molar-refractivity contribution in [3.05, 3.63) is 81.6 Å². The fourth-order valence-electron chi connectivity index (χ4n) is 3.15. The van der Waals surface area contributed by atoms with E-state index in [1.165, 1.54) is 5.56 Å². The Hall–Kier alpha value is -2.79. The summed E-state index contributed by atoms with van der Waals surface area (Å²) in [7, 11) is 0. The number of amides is 1. The van der Waals surface area contributed by atoms with E-state index in [0.717, 1.165) is 16.9 Å². The summed E-state index contributed by atoms with van der Waals surface area (Å²) in [6, 6.07) is 15.7. The molecule has 1 N–H and O–H groups in total. The molecule has 152 valence electrons. The highest BCUT2D eigenvalue weighted by atomic mass is 35.5. The molecule has 1 atom stereocenters. The van der Waals surface area contributed by atoms with Gasteiger partial charge in [-0.1, -0.05) is 53.6 Å². The summed E-state index contributed by atoms with van der Waals surface area (Å²) in [6.45, 7) is 8.86. The number of nitrogens with one attached hydrogen (secondary N) is 1. The molecule has 0 saturated carbocycles. The lowest BCUT2D eigenvalue weighted by molar-refractivity contribution is 0.0939. The van der Waals surface area contributed by atoms with E-state index in [1.54, 1.807) is 11.6 Å². The van der Waals surface area contributed by atoms with Gasteiger partial charge in [0.1, 0.15) is 10.9 Å². The third kappa shape index (κ3) is 4.98. The van der Waals surface area contributed by atoms with Crippen LogP contribution in [0, 0.1) is 13.8 Å². The maximum Gasteiger partial charge on any atom is 0.256 e. The van der Waals surface area contributed by atoms with E-state index in [-0.39, 0.29) is 11.9 Å². The van der Waals surface area contributed by atoms with Crippen LogP contribution in [0.5, 0.6) is 5.75 Å². The highest BCUT2D eigenvalue weighted by molar-refractivity contribution is 6.33. The van der Waals surface area contributed by atoms with E-state index >= 15 is 0 Å². The lowest BCUT2D eigenvalue weighted by Gasteiger charge is -2.15. The zero-order chi connectivity index (χ0) is 21.0. The zero-order valence-corrected chi connectivity index (χ0v) is 18.0. The van der Waals surface area contributed by atoms with Crippen LogP contribution >= 0.6 is 11.6 Å². The molecule has 1 heterocycles. The van der Waals surface area contributed by atoms with Crippen molar-refractivity contribution in [1.82, 2.24) is 15.1 Å². The molecule has 0 bridgehead atoms. The number of benzene rings is 2. The van der Waals surface area contributed by atoms with Crippen LogP contribution in [0.15, 0.2) is 48.5 Å². The Morgan fingerprint density at radius 2 is 1.79 bits per heavy atom. The smallest absolute Gasteiger partial charge is 0.256 e. The summed E-state index contributed by atoms with van der Waals surface area (Å²) in [4.78, 5) is 12.9. The summed E-state index contributed by atoms with van der Waals surface area (Å²) >= 11 is 6.51. The number of carbonyl (C=O) groups is 1. The monoisotopic (exact) mass is 411 g/mol. The topological polar surface area (TPSA) is 56.1 Å². The van der Waals surface area contributed by atoms with Crippen LogP contribution in [-0.4, -0.2) is 22.3 Å². The van der Waals surface area contributed by atoms with E-state index in [1.807, 2.05) is 69.3 Å². The van der Waals surface area contributed by atoms with Gasteiger partial charge in [-0.05, 0) is 51.0 Å².